The van der Waals surface area contributed by atoms with Crippen molar-refractivity contribution >= 4 is 33.5 Å². The Morgan fingerprint density at radius 3 is 2.77 bits per heavy atom. The number of nitrogens with one attached hydrogen (secondary N) is 1. The zero-order valence-electron chi connectivity index (χ0n) is 6.54. The lowest BCUT2D eigenvalue weighted by Crippen LogP contribution is -2.09. The maximum atomic E-state index is 11.2. The van der Waals surface area contributed by atoms with Crippen molar-refractivity contribution in [2.45, 2.75) is 0 Å². The molecule has 0 bridgehead atoms. The summed E-state index contributed by atoms with van der Waals surface area (Å²) < 4.78 is 0.330. The standard InChI is InChI=1S/C9H6INO2/c10-7-8(12)5-3-1-2-4-6(5)11-9(7)13/h1-4H,(H2,11,12,13). The van der Waals surface area contributed by atoms with Gasteiger partial charge in [-0.05, 0) is 34.7 Å². The van der Waals surface area contributed by atoms with Crippen LogP contribution in [0.15, 0.2) is 29.1 Å². The van der Waals surface area contributed by atoms with Crippen LogP contribution in [0, 0.1) is 3.57 Å². The Morgan fingerprint density at radius 2 is 2.00 bits per heavy atom. The van der Waals surface area contributed by atoms with Crippen LogP contribution in [0.1, 0.15) is 0 Å². The molecule has 0 saturated carbocycles. The minimum atomic E-state index is -0.253. The van der Waals surface area contributed by atoms with E-state index >= 15 is 0 Å². The topological polar surface area (TPSA) is 53.1 Å². The third-order valence-electron chi connectivity index (χ3n) is 1.84. The SMILES string of the molecule is O=c1[nH]c2ccccc2c(O)c1I. The number of H-pyrrole nitrogens is 1. The molecule has 1 aromatic carbocycles. The van der Waals surface area contributed by atoms with Crippen LogP contribution in [-0.2, 0) is 0 Å². The average molecular weight is 287 g/mol. The molecule has 2 aromatic rings. The molecule has 4 heteroatoms. The monoisotopic (exact) mass is 287 g/mol. The fourth-order valence-electron chi connectivity index (χ4n) is 1.20. The van der Waals surface area contributed by atoms with Crippen LogP contribution in [-0.4, -0.2) is 10.1 Å². The molecule has 0 fully saturated rings. The number of pyridine rings is 1. The molecule has 0 amide bonds. The molecule has 0 aliphatic carbocycles. The Kier molecular flexibility index (Phi) is 1.99. The molecule has 0 aliphatic heterocycles. The lowest BCUT2D eigenvalue weighted by molar-refractivity contribution is 0.476. The number of fused-ring (bicyclic) bond motifs is 1. The molecule has 0 unspecified atom stereocenters. The van der Waals surface area contributed by atoms with Crippen LogP contribution < -0.4 is 5.56 Å². The van der Waals surface area contributed by atoms with Gasteiger partial charge in [-0.3, -0.25) is 4.79 Å². The van der Waals surface area contributed by atoms with E-state index in [0.29, 0.717) is 14.5 Å². The Balaban J connectivity index is 3.02. The molecule has 13 heavy (non-hydrogen) atoms. The summed E-state index contributed by atoms with van der Waals surface area (Å²) in [7, 11) is 0. The summed E-state index contributed by atoms with van der Waals surface area (Å²) in [6.45, 7) is 0. The number of halogens is 1. The Hall–Kier alpha value is -1.04. The molecule has 0 radical (unpaired) electrons. The molecule has 3 nitrogen and oxygen atoms in total. The third-order valence-corrected chi connectivity index (χ3v) is 2.84. The molecular formula is C9H6INO2. The van der Waals surface area contributed by atoms with Crippen molar-refractivity contribution in [1.82, 2.24) is 4.98 Å². The van der Waals surface area contributed by atoms with E-state index in [1.54, 1.807) is 12.1 Å². The molecule has 66 valence electrons. The van der Waals surface area contributed by atoms with Crippen LogP contribution in [0.3, 0.4) is 0 Å². The predicted octanol–water partition coefficient (Wildman–Crippen LogP) is 1.84. The summed E-state index contributed by atoms with van der Waals surface area (Å²) in [5, 5.41) is 10.3. The van der Waals surface area contributed by atoms with Gasteiger partial charge in [0.2, 0.25) is 0 Å². The molecule has 1 aromatic heterocycles. The van der Waals surface area contributed by atoms with E-state index in [0.717, 1.165) is 0 Å². The first-order chi connectivity index (χ1) is 6.20. The lowest BCUT2D eigenvalue weighted by atomic mass is 10.2. The second-order valence-corrected chi connectivity index (χ2v) is 3.74. The fourth-order valence-corrected chi connectivity index (χ4v) is 1.63. The zero-order valence-corrected chi connectivity index (χ0v) is 8.70. The highest BCUT2D eigenvalue weighted by Crippen LogP contribution is 2.24. The van der Waals surface area contributed by atoms with Gasteiger partial charge in [-0.2, -0.15) is 0 Å². The van der Waals surface area contributed by atoms with E-state index in [1.165, 1.54) is 0 Å². The molecular weight excluding hydrogens is 281 g/mol. The summed E-state index contributed by atoms with van der Waals surface area (Å²) in [5.74, 6) is 0.0555. The molecule has 2 rings (SSSR count). The van der Waals surface area contributed by atoms with Crippen LogP contribution in [0.25, 0.3) is 10.9 Å². The van der Waals surface area contributed by atoms with E-state index in [9.17, 15) is 9.90 Å². The summed E-state index contributed by atoms with van der Waals surface area (Å²) >= 11 is 1.82. The molecule has 0 spiro atoms. The normalized spacial score (nSPS) is 10.5. The molecule has 1 heterocycles. The van der Waals surface area contributed by atoms with Crippen molar-refractivity contribution in [3.8, 4) is 5.75 Å². The van der Waals surface area contributed by atoms with E-state index in [1.807, 2.05) is 34.7 Å². The third kappa shape index (κ3) is 1.31. The summed E-state index contributed by atoms with van der Waals surface area (Å²) in [6.07, 6.45) is 0. The highest BCUT2D eigenvalue weighted by Gasteiger charge is 2.07. The van der Waals surface area contributed by atoms with E-state index < -0.39 is 0 Å². The average Bonchev–Trinajstić information content (AvgIpc) is 2.15. The Labute approximate surface area is 87.6 Å². The van der Waals surface area contributed by atoms with Gasteiger partial charge < -0.3 is 10.1 Å². The van der Waals surface area contributed by atoms with Gasteiger partial charge >= 0.3 is 0 Å². The van der Waals surface area contributed by atoms with E-state index in [2.05, 4.69) is 4.98 Å². The van der Waals surface area contributed by atoms with Crippen molar-refractivity contribution in [2.75, 3.05) is 0 Å². The van der Waals surface area contributed by atoms with E-state index in [-0.39, 0.29) is 11.3 Å². The second-order valence-electron chi connectivity index (χ2n) is 2.66. The smallest absolute Gasteiger partial charge is 0.265 e. The minimum Gasteiger partial charge on any atom is -0.506 e. The lowest BCUT2D eigenvalue weighted by Gasteiger charge is -2.01. The van der Waals surface area contributed by atoms with Gasteiger partial charge in [0, 0.05) is 5.39 Å². The maximum Gasteiger partial charge on any atom is 0.265 e. The number of hydrogen-bond acceptors (Lipinski definition) is 2. The zero-order chi connectivity index (χ0) is 9.42. The maximum absolute atomic E-state index is 11.2. The van der Waals surface area contributed by atoms with E-state index in [4.69, 9.17) is 0 Å². The van der Waals surface area contributed by atoms with Crippen molar-refractivity contribution in [3.63, 3.8) is 0 Å². The number of aromatic nitrogens is 1. The number of aromatic amines is 1. The fraction of sp³-hybridized carbons (Fsp3) is 0. The van der Waals surface area contributed by atoms with Crippen molar-refractivity contribution in [1.29, 1.82) is 0 Å². The van der Waals surface area contributed by atoms with Crippen molar-refractivity contribution in [3.05, 3.63) is 38.2 Å². The quantitative estimate of drug-likeness (QED) is 0.726. The van der Waals surface area contributed by atoms with Crippen LogP contribution >= 0.6 is 22.6 Å². The van der Waals surface area contributed by atoms with Gasteiger partial charge in [0.05, 0.1) is 5.52 Å². The predicted molar refractivity (Wildman–Crippen MR) is 59.0 cm³/mol. The summed E-state index contributed by atoms with van der Waals surface area (Å²) in [4.78, 5) is 13.9. The summed E-state index contributed by atoms with van der Waals surface area (Å²) in [6, 6.07) is 7.15. The number of hydrogen-bond donors (Lipinski definition) is 2. The number of aromatic hydroxyl groups is 1. The van der Waals surface area contributed by atoms with Gasteiger partial charge in [-0.1, -0.05) is 12.1 Å². The van der Waals surface area contributed by atoms with Crippen molar-refractivity contribution < 1.29 is 5.11 Å². The number of para-hydroxylation sites is 1. The van der Waals surface area contributed by atoms with Gasteiger partial charge in [0.25, 0.3) is 5.56 Å². The van der Waals surface area contributed by atoms with Crippen LogP contribution in [0.5, 0.6) is 5.75 Å². The second kappa shape index (κ2) is 3.02. The van der Waals surface area contributed by atoms with Gasteiger partial charge in [0.15, 0.2) is 0 Å². The van der Waals surface area contributed by atoms with Gasteiger partial charge in [0.1, 0.15) is 9.32 Å². The first kappa shape index (κ1) is 8.55. The van der Waals surface area contributed by atoms with Crippen LogP contribution in [0.2, 0.25) is 0 Å². The molecule has 0 saturated heterocycles. The van der Waals surface area contributed by atoms with Crippen LogP contribution in [0.4, 0.5) is 0 Å². The first-order valence-electron chi connectivity index (χ1n) is 3.69. The minimum absolute atomic E-state index is 0.0555. The molecule has 0 aliphatic rings. The highest BCUT2D eigenvalue weighted by atomic mass is 127. The number of rotatable bonds is 0. The van der Waals surface area contributed by atoms with Gasteiger partial charge in [-0.15, -0.1) is 0 Å². The van der Waals surface area contributed by atoms with Gasteiger partial charge in [-0.25, -0.2) is 0 Å². The first-order valence-corrected chi connectivity index (χ1v) is 4.77. The largest absolute Gasteiger partial charge is 0.506 e. The molecule has 0 atom stereocenters. The Morgan fingerprint density at radius 1 is 1.31 bits per heavy atom. The number of benzene rings is 1. The Bertz CT molecular complexity index is 518. The summed E-state index contributed by atoms with van der Waals surface area (Å²) in [5.41, 5.74) is 0.405. The van der Waals surface area contributed by atoms with Crippen molar-refractivity contribution in [2.24, 2.45) is 0 Å². The molecule has 2 N–H and O–H groups in total. The highest BCUT2D eigenvalue weighted by molar-refractivity contribution is 14.1.